The fraction of sp³-hybridized carbons (Fsp3) is 0.516. The molecule has 3 atom stereocenters. The molecule has 1 aliphatic heterocycles. The molecule has 0 radical (unpaired) electrons. The van der Waals surface area contributed by atoms with Crippen LogP contribution < -0.4 is 25.4 Å². The van der Waals surface area contributed by atoms with E-state index in [2.05, 4.69) is 16.0 Å². The van der Waals surface area contributed by atoms with Crippen molar-refractivity contribution in [2.45, 2.75) is 64.1 Å². The lowest BCUT2D eigenvalue weighted by Gasteiger charge is -2.38. The SMILES string of the molecule is COc1ccc(NC(=O)Nc2ccc3c(c2)C(=O)N([C@@H](C)CO)C[C@@H](C)[C@H](CN(C)C(=O)NC2CCCCC2)O3)cc1. The predicted molar refractivity (Wildman–Crippen MR) is 161 cm³/mol. The third-order valence-electron chi connectivity index (χ3n) is 8.00. The summed E-state index contributed by atoms with van der Waals surface area (Å²) in [6, 6.07) is 11.0. The van der Waals surface area contributed by atoms with Crippen LogP contribution in [0.4, 0.5) is 21.0 Å². The fourth-order valence-electron chi connectivity index (χ4n) is 5.37. The van der Waals surface area contributed by atoms with Gasteiger partial charge in [-0.25, -0.2) is 9.59 Å². The quantitative estimate of drug-likeness (QED) is 0.362. The molecule has 1 saturated carbocycles. The lowest BCUT2D eigenvalue weighted by molar-refractivity contribution is 0.0366. The zero-order valence-electron chi connectivity index (χ0n) is 24.9. The van der Waals surface area contributed by atoms with E-state index in [4.69, 9.17) is 9.47 Å². The molecule has 0 saturated heterocycles. The van der Waals surface area contributed by atoms with Crippen LogP contribution in [0.25, 0.3) is 0 Å². The minimum atomic E-state index is -0.475. The van der Waals surface area contributed by atoms with Crippen molar-refractivity contribution < 1.29 is 29.0 Å². The summed E-state index contributed by atoms with van der Waals surface area (Å²) in [5.74, 6) is 0.592. The minimum absolute atomic E-state index is 0.130. The number of ether oxygens (including phenoxy) is 2. The summed E-state index contributed by atoms with van der Waals surface area (Å²) in [5, 5.41) is 18.6. The maximum atomic E-state index is 13.7. The van der Waals surface area contributed by atoms with E-state index in [1.54, 1.807) is 73.3 Å². The average Bonchev–Trinajstić information content (AvgIpc) is 2.99. The van der Waals surface area contributed by atoms with Crippen molar-refractivity contribution in [3.63, 3.8) is 0 Å². The number of hydrogen-bond donors (Lipinski definition) is 4. The van der Waals surface area contributed by atoms with Crippen molar-refractivity contribution in [2.24, 2.45) is 5.92 Å². The van der Waals surface area contributed by atoms with Gasteiger partial charge in [0, 0.05) is 36.9 Å². The molecule has 2 aromatic rings. The first kappa shape index (κ1) is 31.0. The summed E-state index contributed by atoms with van der Waals surface area (Å²) in [5.41, 5.74) is 1.25. The van der Waals surface area contributed by atoms with E-state index in [1.165, 1.54) is 6.42 Å². The Balaban J connectivity index is 1.51. The third kappa shape index (κ3) is 7.84. The predicted octanol–water partition coefficient (Wildman–Crippen LogP) is 4.53. The van der Waals surface area contributed by atoms with Gasteiger partial charge in [-0.1, -0.05) is 26.2 Å². The fourth-order valence-corrected chi connectivity index (χ4v) is 5.37. The molecule has 5 amide bonds. The van der Waals surface area contributed by atoms with Crippen LogP contribution in [-0.4, -0.2) is 84.9 Å². The molecule has 4 rings (SSSR count). The largest absolute Gasteiger partial charge is 0.497 e. The van der Waals surface area contributed by atoms with Crippen molar-refractivity contribution in [1.29, 1.82) is 0 Å². The van der Waals surface area contributed by atoms with Gasteiger partial charge in [-0.15, -0.1) is 0 Å². The number of hydrogen-bond acceptors (Lipinski definition) is 6. The van der Waals surface area contributed by atoms with E-state index >= 15 is 0 Å². The van der Waals surface area contributed by atoms with Gasteiger partial charge in [0.15, 0.2) is 0 Å². The zero-order chi connectivity index (χ0) is 30.2. The third-order valence-corrected chi connectivity index (χ3v) is 8.00. The standard InChI is InChI=1S/C31H43N5O6/c1-20-17-36(21(2)19-37)29(38)26-16-24(33-30(39)32-23-10-13-25(41-4)14-11-23)12-15-27(26)42-28(20)18-35(3)31(40)34-22-8-6-5-7-9-22/h10-16,20-22,28,37H,5-9,17-19H2,1-4H3,(H,34,40)(H2,32,33,39)/t20-,21+,28+/m1/s1. The highest BCUT2D eigenvalue weighted by molar-refractivity contribution is 6.02. The number of rotatable bonds is 8. The number of nitrogens with one attached hydrogen (secondary N) is 3. The molecule has 11 nitrogen and oxygen atoms in total. The van der Waals surface area contributed by atoms with Crippen LogP contribution in [0.2, 0.25) is 0 Å². The van der Waals surface area contributed by atoms with Crippen LogP contribution in [0.15, 0.2) is 42.5 Å². The Morgan fingerprint density at radius 3 is 2.43 bits per heavy atom. The summed E-state index contributed by atoms with van der Waals surface area (Å²) in [7, 11) is 3.32. The Hall–Kier alpha value is -3.99. The second kappa shape index (κ2) is 14.3. The number of carbonyl (C=O) groups is 3. The first-order valence-corrected chi connectivity index (χ1v) is 14.6. The van der Waals surface area contributed by atoms with Crippen molar-refractivity contribution in [2.75, 3.05) is 44.5 Å². The summed E-state index contributed by atoms with van der Waals surface area (Å²) in [6.07, 6.45) is 5.04. The number of aliphatic hydroxyl groups excluding tert-OH is 1. The molecule has 2 aliphatic rings. The molecule has 0 unspecified atom stereocenters. The van der Waals surface area contributed by atoms with E-state index in [-0.39, 0.29) is 36.1 Å². The van der Waals surface area contributed by atoms with E-state index in [0.29, 0.717) is 36.0 Å². The monoisotopic (exact) mass is 581 g/mol. The average molecular weight is 582 g/mol. The number of nitrogens with zero attached hydrogens (tertiary/aromatic N) is 2. The molecule has 1 fully saturated rings. The van der Waals surface area contributed by atoms with Gasteiger partial charge in [0.05, 0.1) is 31.9 Å². The van der Waals surface area contributed by atoms with Gasteiger partial charge in [-0.2, -0.15) is 0 Å². The number of carbonyl (C=O) groups excluding carboxylic acids is 3. The van der Waals surface area contributed by atoms with E-state index < -0.39 is 18.2 Å². The molecule has 4 N–H and O–H groups in total. The summed E-state index contributed by atoms with van der Waals surface area (Å²) in [6.45, 7) is 4.21. The topological polar surface area (TPSA) is 132 Å². The molecule has 1 heterocycles. The molecule has 1 aliphatic carbocycles. The first-order chi connectivity index (χ1) is 20.2. The molecule has 11 heteroatoms. The minimum Gasteiger partial charge on any atom is -0.497 e. The lowest BCUT2D eigenvalue weighted by atomic mass is 9.96. The van der Waals surface area contributed by atoms with Crippen LogP contribution in [0, 0.1) is 5.92 Å². The van der Waals surface area contributed by atoms with Gasteiger partial charge in [-0.05, 0) is 62.2 Å². The molecule has 228 valence electrons. The number of methoxy groups -OCH3 is 1. The summed E-state index contributed by atoms with van der Waals surface area (Å²) in [4.78, 5) is 42.6. The van der Waals surface area contributed by atoms with Crippen molar-refractivity contribution in [1.82, 2.24) is 15.1 Å². The highest BCUT2D eigenvalue weighted by Crippen LogP contribution is 2.31. The lowest BCUT2D eigenvalue weighted by Crippen LogP contribution is -2.52. The van der Waals surface area contributed by atoms with Crippen LogP contribution >= 0.6 is 0 Å². The number of anilines is 2. The molecule has 0 spiro atoms. The van der Waals surface area contributed by atoms with Gasteiger partial charge in [0.25, 0.3) is 5.91 Å². The molecule has 0 aromatic heterocycles. The molecular weight excluding hydrogens is 538 g/mol. The molecular formula is C31H43N5O6. The number of aliphatic hydroxyl groups is 1. The highest BCUT2D eigenvalue weighted by atomic mass is 16.5. The number of benzene rings is 2. The number of fused-ring (bicyclic) bond motifs is 1. The number of likely N-dealkylation sites (N-methyl/N-ethyl adjacent to an activating group) is 1. The van der Waals surface area contributed by atoms with Crippen LogP contribution in [0.1, 0.15) is 56.3 Å². The Labute approximate surface area is 247 Å². The van der Waals surface area contributed by atoms with Crippen LogP contribution in [0.5, 0.6) is 11.5 Å². The Morgan fingerprint density at radius 2 is 1.76 bits per heavy atom. The Bertz CT molecular complexity index is 1230. The van der Waals surface area contributed by atoms with Gasteiger partial charge in [0.1, 0.15) is 17.6 Å². The maximum absolute atomic E-state index is 13.7. The Morgan fingerprint density at radius 1 is 1.10 bits per heavy atom. The normalized spacial score (nSPS) is 19.8. The summed E-state index contributed by atoms with van der Waals surface area (Å²) >= 11 is 0. The zero-order valence-corrected chi connectivity index (χ0v) is 24.9. The van der Waals surface area contributed by atoms with Crippen molar-refractivity contribution >= 4 is 29.3 Å². The van der Waals surface area contributed by atoms with Crippen molar-refractivity contribution in [3.05, 3.63) is 48.0 Å². The second-order valence-corrected chi connectivity index (χ2v) is 11.3. The Kier molecular flexibility index (Phi) is 10.5. The second-order valence-electron chi connectivity index (χ2n) is 11.3. The maximum Gasteiger partial charge on any atom is 0.323 e. The highest BCUT2D eigenvalue weighted by Gasteiger charge is 2.34. The molecule has 42 heavy (non-hydrogen) atoms. The van der Waals surface area contributed by atoms with Gasteiger partial charge in [-0.3, -0.25) is 4.79 Å². The molecule has 2 aromatic carbocycles. The van der Waals surface area contributed by atoms with Crippen molar-refractivity contribution in [3.8, 4) is 11.5 Å². The number of amides is 5. The van der Waals surface area contributed by atoms with E-state index in [9.17, 15) is 19.5 Å². The van der Waals surface area contributed by atoms with Crippen LogP contribution in [-0.2, 0) is 0 Å². The first-order valence-electron chi connectivity index (χ1n) is 14.6. The summed E-state index contributed by atoms with van der Waals surface area (Å²) < 4.78 is 11.5. The van der Waals surface area contributed by atoms with Gasteiger partial charge < -0.3 is 40.3 Å². The van der Waals surface area contributed by atoms with Gasteiger partial charge >= 0.3 is 12.1 Å². The van der Waals surface area contributed by atoms with Gasteiger partial charge in [0.2, 0.25) is 0 Å². The van der Waals surface area contributed by atoms with E-state index in [0.717, 1.165) is 25.7 Å². The smallest absolute Gasteiger partial charge is 0.323 e. The van der Waals surface area contributed by atoms with E-state index in [1.807, 2.05) is 6.92 Å². The number of urea groups is 2. The van der Waals surface area contributed by atoms with Crippen LogP contribution in [0.3, 0.4) is 0 Å². The molecule has 0 bridgehead atoms.